The largest absolute Gasteiger partial charge is 0.394 e. The highest BCUT2D eigenvalue weighted by Crippen LogP contribution is 1.90. The summed E-state index contributed by atoms with van der Waals surface area (Å²) in [4.78, 5) is 0. The topological polar surface area (TPSA) is 49.7 Å². The Labute approximate surface area is 72.1 Å². The Morgan fingerprint density at radius 3 is 2.20 bits per heavy atom. The molecular weight excluding hydrogens is 147 g/mol. The van der Waals surface area contributed by atoms with Crippen molar-refractivity contribution in [2.45, 2.75) is 26.1 Å². The van der Waals surface area contributed by atoms with Crippen LogP contribution in [0.15, 0.2) is 0 Å². The van der Waals surface area contributed by atoms with Crippen molar-refractivity contribution in [3.63, 3.8) is 0 Å². The molecule has 0 saturated carbocycles. The molecule has 3 nitrogen and oxygen atoms in total. The molecule has 0 aromatic heterocycles. The van der Waals surface area contributed by atoms with E-state index in [9.17, 15) is 0 Å². The third-order valence-corrected chi connectivity index (χ3v) is 0.879. The van der Waals surface area contributed by atoms with E-state index in [1.807, 2.05) is 0 Å². The molecule has 0 spiro atoms. The van der Waals surface area contributed by atoms with Crippen LogP contribution in [0.2, 0.25) is 0 Å². The average Bonchev–Trinajstić information content (AvgIpc) is 1.83. The summed E-state index contributed by atoms with van der Waals surface area (Å²) in [7, 11) is 0. The summed E-state index contributed by atoms with van der Waals surface area (Å²) in [5, 5.41) is 17.1. The first kappa shape index (κ1) is 13.0. The summed E-state index contributed by atoms with van der Waals surface area (Å²) in [6.45, 7) is 3.70. The normalized spacial score (nSPS) is 15.6. The zero-order valence-corrected chi connectivity index (χ0v) is 5.87. The molecule has 0 radical (unpaired) electrons. The molecule has 0 aliphatic heterocycles. The molecular formula is C6H17AlO3. The van der Waals surface area contributed by atoms with Crippen molar-refractivity contribution in [2.24, 2.45) is 0 Å². The summed E-state index contributed by atoms with van der Waals surface area (Å²) in [6, 6.07) is 0. The fourth-order valence-electron chi connectivity index (χ4n) is 0.356. The molecule has 10 heavy (non-hydrogen) atoms. The number of hydrogen-bond acceptors (Lipinski definition) is 3. The molecule has 0 heterocycles. The molecule has 62 valence electrons. The molecule has 0 amide bonds. The Kier molecular flexibility index (Phi) is 9.80. The number of ether oxygens (including phenoxy) is 1. The van der Waals surface area contributed by atoms with E-state index in [2.05, 4.69) is 0 Å². The Morgan fingerprint density at radius 1 is 1.40 bits per heavy atom. The molecule has 0 saturated heterocycles. The van der Waals surface area contributed by atoms with Crippen LogP contribution in [0.4, 0.5) is 0 Å². The zero-order valence-electron chi connectivity index (χ0n) is 5.87. The lowest BCUT2D eigenvalue weighted by Gasteiger charge is -2.10. The average molecular weight is 164 g/mol. The van der Waals surface area contributed by atoms with Crippen LogP contribution in [0.25, 0.3) is 0 Å². The Balaban J connectivity index is 0. The standard InChI is InChI=1S/C6H14O3.Al.3H/c1-5(8)4-9-6(2)3-7;;;;/h5-8H,3-4H2,1-2H3;;;;. The Hall–Kier alpha value is 0.412. The second-order valence-corrected chi connectivity index (χ2v) is 2.18. The lowest BCUT2D eigenvalue weighted by Crippen LogP contribution is -2.19. The van der Waals surface area contributed by atoms with E-state index in [4.69, 9.17) is 14.9 Å². The predicted octanol–water partition coefficient (Wildman–Crippen LogP) is -1.42. The molecule has 0 rings (SSSR count). The van der Waals surface area contributed by atoms with Gasteiger partial charge in [-0.05, 0) is 13.8 Å². The van der Waals surface area contributed by atoms with Gasteiger partial charge < -0.3 is 14.9 Å². The second-order valence-electron chi connectivity index (χ2n) is 2.18. The highest BCUT2D eigenvalue weighted by Gasteiger charge is 2.00. The number of hydrogen-bond donors (Lipinski definition) is 2. The number of aliphatic hydroxyl groups excluding tert-OH is 2. The molecule has 0 aromatic rings. The third kappa shape index (κ3) is 8.41. The molecule has 0 aliphatic rings. The van der Waals surface area contributed by atoms with Gasteiger partial charge in [0.2, 0.25) is 0 Å². The van der Waals surface area contributed by atoms with Crippen molar-refractivity contribution in [1.29, 1.82) is 0 Å². The first-order valence-electron chi connectivity index (χ1n) is 3.07. The molecule has 0 bridgehead atoms. The van der Waals surface area contributed by atoms with Gasteiger partial charge in [0.1, 0.15) is 0 Å². The van der Waals surface area contributed by atoms with Gasteiger partial charge in [0.15, 0.2) is 17.4 Å². The van der Waals surface area contributed by atoms with Crippen molar-refractivity contribution in [3.8, 4) is 0 Å². The molecule has 4 heteroatoms. The quantitative estimate of drug-likeness (QED) is 0.501. The highest BCUT2D eigenvalue weighted by atomic mass is 27.0. The first-order valence-corrected chi connectivity index (χ1v) is 3.07. The van der Waals surface area contributed by atoms with Crippen molar-refractivity contribution in [1.82, 2.24) is 0 Å². The van der Waals surface area contributed by atoms with Crippen LogP contribution in [0.5, 0.6) is 0 Å². The summed E-state index contributed by atoms with van der Waals surface area (Å²) < 4.78 is 4.95. The van der Waals surface area contributed by atoms with Gasteiger partial charge in [0, 0.05) is 0 Å². The van der Waals surface area contributed by atoms with E-state index >= 15 is 0 Å². The van der Waals surface area contributed by atoms with Gasteiger partial charge in [0.05, 0.1) is 25.4 Å². The van der Waals surface area contributed by atoms with Gasteiger partial charge in [-0.3, -0.25) is 0 Å². The van der Waals surface area contributed by atoms with Gasteiger partial charge in [-0.1, -0.05) is 0 Å². The van der Waals surface area contributed by atoms with Crippen molar-refractivity contribution in [3.05, 3.63) is 0 Å². The smallest absolute Gasteiger partial charge is 0.187 e. The summed E-state index contributed by atoms with van der Waals surface area (Å²) in [6.07, 6.45) is -0.612. The summed E-state index contributed by atoms with van der Waals surface area (Å²) in [5.41, 5.74) is 0. The van der Waals surface area contributed by atoms with Crippen LogP contribution in [0.1, 0.15) is 13.8 Å². The molecule has 0 aliphatic carbocycles. The van der Waals surface area contributed by atoms with Crippen LogP contribution in [0, 0.1) is 0 Å². The third-order valence-electron chi connectivity index (χ3n) is 0.879. The van der Waals surface area contributed by atoms with Gasteiger partial charge in [-0.2, -0.15) is 0 Å². The van der Waals surface area contributed by atoms with E-state index in [0.29, 0.717) is 6.61 Å². The van der Waals surface area contributed by atoms with Gasteiger partial charge >= 0.3 is 0 Å². The molecule has 2 N–H and O–H groups in total. The van der Waals surface area contributed by atoms with E-state index in [1.165, 1.54) is 0 Å². The molecule has 0 fully saturated rings. The van der Waals surface area contributed by atoms with Crippen molar-refractivity contribution in [2.75, 3.05) is 13.2 Å². The fourth-order valence-corrected chi connectivity index (χ4v) is 0.356. The number of rotatable bonds is 4. The van der Waals surface area contributed by atoms with Crippen LogP contribution in [-0.2, 0) is 4.74 Å². The maximum atomic E-state index is 8.69. The monoisotopic (exact) mass is 164 g/mol. The zero-order chi connectivity index (χ0) is 7.28. The predicted molar refractivity (Wildman–Crippen MR) is 44.1 cm³/mol. The lowest BCUT2D eigenvalue weighted by atomic mass is 10.4. The van der Waals surface area contributed by atoms with Gasteiger partial charge in [-0.15, -0.1) is 0 Å². The Bertz CT molecular complexity index is 68.0. The van der Waals surface area contributed by atoms with E-state index in [-0.39, 0.29) is 30.1 Å². The first-order chi connectivity index (χ1) is 4.16. The lowest BCUT2D eigenvalue weighted by molar-refractivity contribution is -0.0177. The SMILES string of the molecule is CC(O)COC(C)CO.[AlH3]. The van der Waals surface area contributed by atoms with Crippen LogP contribution < -0.4 is 0 Å². The van der Waals surface area contributed by atoms with Crippen LogP contribution in [0.3, 0.4) is 0 Å². The summed E-state index contributed by atoms with van der Waals surface area (Å²) in [5.74, 6) is 0. The summed E-state index contributed by atoms with van der Waals surface area (Å²) >= 11 is 0. The van der Waals surface area contributed by atoms with E-state index in [1.54, 1.807) is 13.8 Å². The van der Waals surface area contributed by atoms with Crippen molar-refractivity contribution < 1.29 is 14.9 Å². The second kappa shape index (κ2) is 7.52. The van der Waals surface area contributed by atoms with E-state index in [0.717, 1.165) is 0 Å². The van der Waals surface area contributed by atoms with Crippen molar-refractivity contribution >= 4 is 17.4 Å². The van der Waals surface area contributed by atoms with E-state index < -0.39 is 6.10 Å². The maximum absolute atomic E-state index is 8.69. The highest BCUT2D eigenvalue weighted by molar-refractivity contribution is 5.75. The maximum Gasteiger partial charge on any atom is 0.187 e. The molecule has 2 unspecified atom stereocenters. The minimum atomic E-state index is -0.445. The van der Waals surface area contributed by atoms with Crippen LogP contribution >= 0.6 is 0 Å². The van der Waals surface area contributed by atoms with Gasteiger partial charge in [0.25, 0.3) is 0 Å². The minimum Gasteiger partial charge on any atom is -0.394 e. The fraction of sp³-hybridized carbons (Fsp3) is 1.00. The Morgan fingerprint density at radius 2 is 1.90 bits per heavy atom. The molecule has 2 atom stereocenters. The minimum absolute atomic E-state index is 0. The number of aliphatic hydroxyl groups is 2. The van der Waals surface area contributed by atoms with Gasteiger partial charge in [-0.25, -0.2) is 0 Å². The van der Waals surface area contributed by atoms with Crippen LogP contribution in [-0.4, -0.2) is 53.0 Å². The molecule has 0 aromatic carbocycles.